The van der Waals surface area contributed by atoms with Crippen LogP contribution in [0.15, 0.2) is 18.2 Å². The van der Waals surface area contributed by atoms with Gasteiger partial charge in [0.15, 0.2) is 0 Å². The fourth-order valence-electron chi connectivity index (χ4n) is 2.28. The number of hydrogen-bond acceptors (Lipinski definition) is 2. The molecule has 0 radical (unpaired) electrons. The molecule has 2 rings (SSSR count). The van der Waals surface area contributed by atoms with Crippen molar-refractivity contribution in [1.29, 1.82) is 0 Å². The first-order valence-corrected chi connectivity index (χ1v) is 6.63. The molecule has 0 amide bonds. The lowest BCUT2D eigenvalue weighted by molar-refractivity contribution is 0.725. The summed E-state index contributed by atoms with van der Waals surface area (Å²) in [5, 5.41) is 3.99. The Labute approximate surface area is 109 Å². The quantitative estimate of drug-likeness (QED) is 0.866. The van der Waals surface area contributed by atoms with Crippen LogP contribution in [0.5, 0.6) is 0 Å². The number of rotatable bonds is 5. The Hall–Kier alpha value is -0.730. The molecule has 0 heterocycles. The molecule has 1 fully saturated rings. The lowest BCUT2D eigenvalue weighted by Gasteiger charge is -2.21. The van der Waals surface area contributed by atoms with Gasteiger partial charge in [0.2, 0.25) is 0 Å². The van der Waals surface area contributed by atoms with Crippen molar-refractivity contribution in [3.05, 3.63) is 28.8 Å². The maximum absolute atomic E-state index is 6.33. The van der Waals surface area contributed by atoms with Gasteiger partial charge in [-0.15, -0.1) is 0 Å². The minimum absolute atomic E-state index is 0.855. The van der Waals surface area contributed by atoms with Gasteiger partial charge in [0.1, 0.15) is 0 Å². The van der Waals surface area contributed by atoms with Crippen LogP contribution in [0.3, 0.4) is 0 Å². The second-order valence-electron chi connectivity index (χ2n) is 5.17. The maximum Gasteiger partial charge on any atom is 0.0642 e. The van der Waals surface area contributed by atoms with E-state index in [1.54, 1.807) is 0 Å². The second kappa shape index (κ2) is 5.28. The van der Waals surface area contributed by atoms with Crippen LogP contribution in [-0.4, -0.2) is 20.6 Å². The monoisotopic (exact) mass is 252 g/mol. The molecule has 2 atom stereocenters. The molecule has 1 aliphatic carbocycles. The highest BCUT2D eigenvalue weighted by Crippen LogP contribution is 2.39. The van der Waals surface area contributed by atoms with Crippen LogP contribution in [0.1, 0.15) is 18.9 Å². The van der Waals surface area contributed by atoms with Gasteiger partial charge in [0.05, 0.1) is 10.7 Å². The highest BCUT2D eigenvalue weighted by atomic mass is 35.5. The standard InChI is InChI=1S/C14H21ClN2/c1-10-6-12(10)9-17(3)14-5-4-11(8-16-2)7-13(14)15/h4-5,7,10,12,16H,6,8-9H2,1-3H3. The minimum Gasteiger partial charge on any atom is -0.373 e. The molecule has 1 saturated carbocycles. The van der Waals surface area contributed by atoms with E-state index in [0.717, 1.165) is 35.6 Å². The molecule has 0 saturated heterocycles. The van der Waals surface area contributed by atoms with Crippen molar-refractivity contribution in [3.8, 4) is 0 Å². The van der Waals surface area contributed by atoms with Crippen molar-refractivity contribution >= 4 is 17.3 Å². The molecule has 1 N–H and O–H groups in total. The van der Waals surface area contributed by atoms with Gasteiger partial charge >= 0.3 is 0 Å². The molecule has 0 aromatic heterocycles. The number of halogens is 1. The molecule has 94 valence electrons. The lowest BCUT2D eigenvalue weighted by Crippen LogP contribution is -2.21. The third-order valence-electron chi connectivity index (χ3n) is 3.59. The van der Waals surface area contributed by atoms with Gasteiger partial charge in [-0.2, -0.15) is 0 Å². The van der Waals surface area contributed by atoms with E-state index >= 15 is 0 Å². The zero-order valence-corrected chi connectivity index (χ0v) is 11.6. The summed E-state index contributed by atoms with van der Waals surface area (Å²) in [5.41, 5.74) is 2.38. The van der Waals surface area contributed by atoms with Gasteiger partial charge in [-0.3, -0.25) is 0 Å². The summed E-state index contributed by atoms with van der Waals surface area (Å²) in [7, 11) is 4.08. The van der Waals surface area contributed by atoms with Crippen LogP contribution in [-0.2, 0) is 6.54 Å². The van der Waals surface area contributed by atoms with E-state index in [-0.39, 0.29) is 0 Å². The minimum atomic E-state index is 0.855. The van der Waals surface area contributed by atoms with Crippen molar-refractivity contribution < 1.29 is 0 Å². The van der Waals surface area contributed by atoms with Crippen molar-refractivity contribution in [2.75, 3.05) is 25.5 Å². The normalized spacial score (nSPS) is 22.6. The molecule has 0 spiro atoms. The first kappa shape index (κ1) is 12.7. The van der Waals surface area contributed by atoms with Crippen molar-refractivity contribution in [3.63, 3.8) is 0 Å². The summed E-state index contributed by atoms with van der Waals surface area (Å²) in [5.74, 6) is 1.74. The summed E-state index contributed by atoms with van der Waals surface area (Å²) >= 11 is 6.33. The van der Waals surface area contributed by atoms with Gasteiger partial charge in [0, 0.05) is 20.1 Å². The van der Waals surface area contributed by atoms with E-state index in [9.17, 15) is 0 Å². The molecule has 17 heavy (non-hydrogen) atoms. The summed E-state index contributed by atoms with van der Waals surface area (Å²) in [6, 6.07) is 6.33. The summed E-state index contributed by atoms with van der Waals surface area (Å²) in [6.07, 6.45) is 1.36. The molecule has 1 aromatic rings. The average Bonchev–Trinajstić information content (AvgIpc) is 2.94. The van der Waals surface area contributed by atoms with Crippen molar-refractivity contribution in [2.45, 2.75) is 19.9 Å². The van der Waals surface area contributed by atoms with Gasteiger partial charge in [-0.05, 0) is 43.0 Å². The van der Waals surface area contributed by atoms with Gasteiger partial charge in [-0.1, -0.05) is 24.6 Å². The molecular formula is C14H21ClN2. The summed E-state index contributed by atoms with van der Waals surface area (Å²) in [4.78, 5) is 2.28. The van der Waals surface area contributed by atoms with E-state index in [1.807, 2.05) is 7.05 Å². The Balaban J connectivity index is 2.04. The number of benzene rings is 1. The zero-order chi connectivity index (χ0) is 12.4. The fourth-order valence-corrected chi connectivity index (χ4v) is 2.63. The SMILES string of the molecule is CNCc1ccc(N(C)CC2CC2C)c(Cl)c1. The summed E-state index contributed by atoms with van der Waals surface area (Å²) in [6.45, 7) is 4.30. The lowest BCUT2D eigenvalue weighted by atomic mass is 10.2. The van der Waals surface area contributed by atoms with E-state index in [0.29, 0.717) is 0 Å². The smallest absolute Gasteiger partial charge is 0.0642 e. The number of hydrogen-bond donors (Lipinski definition) is 1. The molecule has 2 nitrogen and oxygen atoms in total. The second-order valence-corrected chi connectivity index (χ2v) is 5.58. The van der Waals surface area contributed by atoms with Gasteiger partial charge in [0.25, 0.3) is 0 Å². The van der Waals surface area contributed by atoms with E-state index in [2.05, 4.69) is 42.4 Å². The highest BCUT2D eigenvalue weighted by Gasteiger charge is 2.33. The van der Waals surface area contributed by atoms with E-state index < -0.39 is 0 Å². The Morgan fingerprint density at radius 3 is 2.71 bits per heavy atom. The van der Waals surface area contributed by atoms with Crippen LogP contribution in [0.4, 0.5) is 5.69 Å². The molecule has 3 heteroatoms. The van der Waals surface area contributed by atoms with E-state index in [1.165, 1.54) is 12.0 Å². The van der Waals surface area contributed by atoms with Crippen LogP contribution in [0.2, 0.25) is 5.02 Å². The third kappa shape index (κ3) is 3.14. The molecule has 0 bridgehead atoms. The molecule has 0 aliphatic heterocycles. The number of nitrogens with zero attached hydrogens (tertiary/aromatic N) is 1. The van der Waals surface area contributed by atoms with Crippen molar-refractivity contribution in [1.82, 2.24) is 5.32 Å². The topological polar surface area (TPSA) is 15.3 Å². The number of nitrogens with one attached hydrogen (secondary N) is 1. The first-order chi connectivity index (χ1) is 8.11. The fraction of sp³-hybridized carbons (Fsp3) is 0.571. The molecule has 1 aromatic carbocycles. The highest BCUT2D eigenvalue weighted by molar-refractivity contribution is 6.33. The first-order valence-electron chi connectivity index (χ1n) is 6.26. The van der Waals surface area contributed by atoms with Crippen molar-refractivity contribution in [2.24, 2.45) is 11.8 Å². The van der Waals surface area contributed by atoms with Crippen LogP contribution >= 0.6 is 11.6 Å². The maximum atomic E-state index is 6.33. The Morgan fingerprint density at radius 2 is 2.18 bits per heavy atom. The Kier molecular flexibility index (Phi) is 3.95. The van der Waals surface area contributed by atoms with Gasteiger partial charge in [-0.25, -0.2) is 0 Å². The molecule has 1 aliphatic rings. The Morgan fingerprint density at radius 1 is 1.47 bits per heavy atom. The predicted molar refractivity (Wildman–Crippen MR) is 74.8 cm³/mol. The summed E-state index contributed by atoms with van der Waals surface area (Å²) < 4.78 is 0. The number of anilines is 1. The van der Waals surface area contributed by atoms with E-state index in [4.69, 9.17) is 11.6 Å². The van der Waals surface area contributed by atoms with Crippen LogP contribution < -0.4 is 10.2 Å². The van der Waals surface area contributed by atoms with Crippen LogP contribution in [0, 0.1) is 11.8 Å². The van der Waals surface area contributed by atoms with Crippen LogP contribution in [0.25, 0.3) is 0 Å². The Bertz CT molecular complexity index is 392. The molecule has 2 unspecified atom stereocenters. The largest absolute Gasteiger partial charge is 0.373 e. The molecular weight excluding hydrogens is 232 g/mol. The average molecular weight is 253 g/mol. The zero-order valence-electron chi connectivity index (χ0n) is 10.8. The van der Waals surface area contributed by atoms with Gasteiger partial charge < -0.3 is 10.2 Å². The third-order valence-corrected chi connectivity index (χ3v) is 3.89. The predicted octanol–water partition coefficient (Wildman–Crippen LogP) is 3.15.